The average Bonchev–Trinajstić information content (AvgIpc) is 2.80. The number of ether oxygens (including phenoxy) is 4. The first-order valence-electron chi connectivity index (χ1n) is 10.7. The van der Waals surface area contributed by atoms with Crippen LogP contribution in [-0.4, -0.2) is 85.2 Å². The van der Waals surface area contributed by atoms with Crippen LogP contribution in [0.1, 0.15) is 30.9 Å². The summed E-state index contributed by atoms with van der Waals surface area (Å²) in [5.41, 5.74) is 1.18. The van der Waals surface area contributed by atoms with E-state index in [-0.39, 0.29) is 30.0 Å². The van der Waals surface area contributed by atoms with E-state index in [1.165, 1.54) is 5.56 Å². The van der Waals surface area contributed by atoms with Gasteiger partial charge in [0.05, 0.1) is 33.5 Å². The molecule has 1 saturated heterocycles. The Bertz CT molecular complexity index is 642. The highest BCUT2D eigenvalue weighted by atomic mass is 127. The van der Waals surface area contributed by atoms with E-state index < -0.39 is 0 Å². The standard InChI is InChI=1S/C22H38N4O4.HI/c1-23-22(24-10-6-5-7-13-27-2)25-17-19(26-11-14-30-15-12-26)18-8-9-20(28-3)21(16-18)29-4;/h8-9,16,19H,5-7,10-15,17H2,1-4H3,(H2,23,24,25);1H. The lowest BCUT2D eigenvalue weighted by atomic mass is 10.0. The summed E-state index contributed by atoms with van der Waals surface area (Å²) in [5.74, 6) is 2.30. The predicted octanol–water partition coefficient (Wildman–Crippen LogP) is 2.68. The second-order valence-corrected chi connectivity index (χ2v) is 7.21. The third-order valence-corrected chi connectivity index (χ3v) is 5.28. The minimum absolute atomic E-state index is 0. The molecular weight excluding hydrogens is 511 g/mol. The van der Waals surface area contributed by atoms with Crippen molar-refractivity contribution in [3.63, 3.8) is 0 Å². The van der Waals surface area contributed by atoms with Crippen molar-refractivity contribution in [2.24, 2.45) is 4.99 Å². The van der Waals surface area contributed by atoms with Crippen molar-refractivity contribution >= 4 is 29.9 Å². The number of morpholine rings is 1. The molecule has 0 saturated carbocycles. The van der Waals surface area contributed by atoms with Gasteiger partial charge < -0.3 is 29.6 Å². The maximum Gasteiger partial charge on any atom is 0.191 e. The van der Waals surface area contributed by atoms with Crippen molar-refractivity contribution in [1.29, 1.82) is 0 Å². The van der Waals surface area contributed by atoms with Gasteiger partial charge in [0.15, 0.2) is 17.5 Å². The first-order valence-corrected chi connectivity index (χ1v) is 10.7. The van der Waals surface area contributed by atoms with E-state index >= 15 is 0 Å². The summed E-state index contributed by atoms with van der Waals surface area (Å²) in [6, 6.07) is 6.31. The number of hydrogen-bond donors (Lipinski definition) is 2. The molecule has 1 aromatic rings. The summed E-state index contributed by atoms with van der Waals surface area (Å²) in [6.45, 7) is 5.73. The van der Waals surface area contributed by atoms with E-state index in [1.807, 2.05) is 6.07 Å². The van der Waals surface area contributed by atoms with Crippen LogP contribution < -0.4 is 20.1 Å². The Morgan fingerprint density at radius 2 is 1.81 bits per heavy atom. The summed E-state index contributed by atoms with van der Waals surface area (Å²) in [4.78, 5) is 6.82. The van der Waals surface area contributed by atoms with Gasteiger partial charge in [0.25, 0.3) is 0 Å². The Balaban J connectivity index is 0.00000480. The number of nitrogens with zero attached hydrogens (tertiary/aromatic N) is 2. The van der Waals surface area contributed by atoms with Gasteiger partial charge in [0.1, 0.15) is 0 Å². The summed E-state index contributed by atoms with van der Waals surface area (Å²) >= 11 is 0. The lowest BCUT2D eigenvalue weighted by molar-refractivity contribution is 0.0169. The van der Waals surface area contributed by atoms with Crippen LogP contribution in [0.2, 0.25) is 0 Å². The van der Waals surface area contributed by atoms with Crippen molar-refractivity contribution in [3.8, 4) is 11.5 Å². The van der Waals surface area contributed by atoms with Gasteiger partial charge in [-0.1, -0.05) is 6.07 Å². The highest BCUT2D eigenvalue weighted by molar-refractivity contribution is 14.0. The van der Waals surface area contributed by atoms with Crippen LogP contribution in [0.15, 0.2) is 23.2 Å². The largest absolute Gasteiger partial charge is 0.493 e. The number of aliphatic imine (C=N–C) groups is 1. The highest BCUT2D eigenvalue weighted by Gasteiger charge is 2.24. The van der Waals surface area contributed by atoms with Gasteiger partial charge in [-0.05, 0) is 37.0 Å². The molecule has 1 aromatic carbocycles. The van der Waals surface area contributed by atoms with Crippen molar-refractivity contribution in [3.05, 3.63) is 23.8 Å². The number of hydrogen-bond acceptors (Lipinski definition) is 6. The average molecular weight is 550 g/mol. The SMILES string of the molecule is CN=C(NCCCCCOC)NCC(c1ccc(OC)c(OC)c1)N1CCOCC1.I. The van der Waals surface area contributed by atoms with Crippen molar-refractivity contribution in [1.82, 2.24) is 15.5 Å². The lowest BCUT2D eigenvalue weighted by Gasteiger charge is -2.35. The number of methoxy groups -OCH3 is 3. The number of benzene rings is 1. The maximum atomic E-state index is 5.56. The lowest BCUT2D eigenvalue weighted by Crippen LogP contribution is -2.46. The maximum absolute atomic E-state index is 5.56. The molecule has 1 unspecified atom stereocenters. The molecule has 178 valence electrons. The Morgan fingerprint density at radius 1 is 1.06 bits per heavy atom. The van der Waals surface area contributed by atoms with Gasteiger partial charge in [-0.25, -0.2) is 0 Å². The molecule has 1 fully saturated rings. The van der Waals surface area contributed by atoms with Gasteiger partial charge in [0.2, 0.25) is 0 Å². The molecule has 9 heteroatoms. The summed E-state index contributed by atoms with van der Waals surface area (Å²) in [7, 11) is 6.87. The van der Waals surface area contributed by atoms with E-state index in [4.69, 9.17) is 18.9 Å². The third kappa shape index (κ3) is 9.38. The van der Waals surface area contributed by atoms with E-state index in [9.17, 15) is 0 Å². The summed E-state index contributed by atoms with van der Waals surface area (Å²) in [5, 5.41) is 6.90. The minimum atomic E-state index is 0. The molecule has 0 radical (unpaired) electrons. The fraction of sp³-hybridized carbons (Fsp3) is 0.682. The molecule has 1 aliphatic heterocycles. The van der Waals surface area contributed by atoms with Crippen molar-refractivity contribution in [2.75, 3.05) is 74.4 Å². The van der Waals surface area contributed by atoms with Gasteiger partial charge in [-0.15, -0.1) is 24.0 Å². The van der Waals surface area contributed by atoms with Crippen LogP contribution in [0.4, 0.5) is 0 Å². The summed E-state index contributed by atoms with van der Waals surface area (Å²) in [6.07, 6.45) is 3.31. The zero-order valence-corrected chi connectivity index (χ0v) is 21.6. The quantitative estimate of drug-likeness (QED) is 0.179. The minimum Gasteiger partial charge on any atom is -0.493 e. The molecule has 1 heterocycles. The Labute approximate surface area is 204 Å². The molecule has 31 heavy (non-hydrogen) atoms. The smallest absolute Gasteiger partial charge is 0.191 e. The topological polar surface area (TPSA) is 76.6 Å². The molecule has 1 aliphatic rings. The molecule has 8 nitrogen and oxygen atoms in total. The molecule has 1 atom stereocenters. The second kappa shape index (κ2) is 16.3. The molecule has 2 N–H and O–H groups in total. The van der Waals surface area contributed by atoms with E-state index in [0.29, 0.717) is 0 Å². The number of halogens is 1. The van der Waals surface area contributed by atoms with Gasteiger partial charge >= 0.3 is 0 Å². The van der Waals surface area contributed by atoms with Gasteiger partial charge in [0, 0.05) is 46.9 Å². The molecule has 0 aromatic heterocycles. The Hall–Kier alpha value is -1.30. The van der Waals surface area contributed by atoms with E-state index in [1.54, 1.807) is 28.4 Å². The summed E-state index contributed by atoms with van der Waals surface area (Å²) < 4.78 is 21.6. The molecule has 0 aliphatic carbocycles. The van der Waals surface area contributed by atoms with E-state index in [0.717, 1.165) is 82.7 Å². The molecule has 0 bridgehead atoms. The van der Waals surface area contributed by atoms with Crippen LogP contribution >= 0.6 is 24.0 Å². The number of nitrogens with one attached hydrogen (secondary N) is 2. The van der Waals surface area contributed by atoms with Crippen LogP contribution in [0.5, 0.6) is 11.5 Å². The fourth-order valence-corrected chi connectivity index (χ4v) is 3.58. The van der Waals surface area contributed by atoms with Crippen LogP contribution in [-0.2, 0) is 9.47 Å². The predicted molar refractivity (Wildman–Crippen MR) is 135 cm³/mol. The van der Waals surface area contributed by atoms with Crippen molar-refractivity contribution in [2.45, 2.75) is 25.3 Å². The number of unbranched alkanes of at least 4 members (excludes halogenated alkanes) is 2. The monoisotopic (exact) mass is 550 g/mol. The van der Waals surface area contributed by atoms with Crippen LogP contribution in [0.25, 0.3) is 0 Å². The van der Waals surface area contributed by atoms with E-state index in [2.05, 4.69) is 32.7 Å². The zero-order chi connectivity index (χ0) is 21.6. The Kier molecular flexibility index (Phi) is 14.6. The number of guanidine groups is 1. The third-order valence-electron chi connectivity index (χ3n) is 5.28. The highest BCUT2D eigenvalue weighted by Crippen LogP contribution is 2.32. The molecule has 0 amide bonds. The fourth-order valence-electron chi connectivity index (χ4n) is 3.58. The second-order valence-electron chi connectivity index (χ2n) is 7.21. The normalized spacial score (nSPS) is 15.7. The Morgan fingerprint density at radius 3 is 2.45 bits per heavy atom. The molecular formula is C22H39IN4O4. The molecule has 0 spiro atoms. The van der Waals surface area contributed by atoms with Crippen LogP contribution in [0, 0.1) is 0 Å². The zero-order valence-electron chi connectivity index (χ0n) is 19.3. The van der Waals surface area contributed by atoms with Gasteiger partial charge in [-0.3, -0.25) is 9.89 Å². The van der Waals surface area contributed by atoms with Crippen molar-refractivity contribution < 1.29 is 18.9 Å². The van der Waals surface area contributed by atoms with Gasteiger partial charge in [-0.2, -0.15) is 0 Å². The first kappa shape index (κ1) is 27.7. The molecule has 2 rings (SSSR count). The number of rotatable bonds is 12. The van der Waals surface area contributed by atoms with Crippen LogP contribution in [0.3, 0.4) is 0 Å². The first-order chi connectivity index (χ1) is 14.7.